The summed E-state index contributed by atoms with van der Waals surface area (Å²) < 4.78 is 4.90. The van der Waals surface area contributed by atoms with Crippen molar-refractivity contribution in [1.29, 1.82) is 0 Å². The first-order valence-electron chi connectivity index (χ1n) is 6.66. The Kier molecular flexibility index (Phi) is 10.2. The number of ether oxygens (including phenoxy) is 1. The van der Waals surface area contributed by atoms with Crippen molar-refractivity contribution in [3.05, 3.63) is 0 Å². The van der Waals surface area contributed by atoms with Gasteiger partial charge in [-0.25, -0.2) is 0 Å². The highest BCUT2D eigenvalue weighted by molar-refractivity contribution is 5.81. The first-order valence-corrected chi connectivity index (χ1v) is 6.66. The number of methoxy groups -OCH3 is 1. The zero-order valence-electron chi connectivity index (χ0n) is 11.5. The van der Waals surface area contributed by atoms with Crippen molar-refractivity contribution in [3.8, 4) is 0 Å². The van der Waals surface area contributed by atoms with Crippen molar-refractivity contribution in [2.75, 3.05) is 13.7 Å². The Morgan fingerprint density at radius 2 is 2.00 bits per heavy atom. The molecule has 0 bridgehead atoms. The van der Waals surface area contributed by atoms with Crippen LogP contribution >= 0.6 is 0 Å². The van der Waals surface area contributed by atoms with E-state index in [1.165, 1.54) is 25.7 Å². The van der Waals surface area contributed by atoms with Gasteiger partial charge in [0.05, 0.1) is 6.04 Å². The van der Waals surface area contributed by atoms with Gasteiger partial charge in [0, 0.05) is 19.8 Å². The molecule has 0 aromatic carbocycles. The molecule has 0 aromatic rings. The molecule has 17 heavy (non-hydrogen) atoms. The van der Waals surface area contributed by atoms with Crippen LogP contribution in [0.1, 0.15) is 52.4 Å². The van der Waals surface area contributed by atoms with Crippen LogP contribution in [0.5, 0.6) is 0 Å². The number of carbonyl (C=O) groups is 1. The van der Waals surface area contributed by atoms with Gasteiger partial charge in [-0.2, -0.15) is 0 Å². The number of carbonyl (C=O) groups excluding carboxylic acids is 1. The van der Waals surface area contributed by atoms with E-state index in [1.54, 1.807) is 7.11 Å². The highest BCUT2D eigenvalue weighted by atomic mass is 16.5. The summed E-state index contributed by atoms with van der Waals surface area (Å²) in [6.45, 7) is 4.76. The van der Waals surface area contributed by atoms with Gasteiger partial charge in [0.1, 0.15) is 0 Å². The van der Waals surface area contributed by atoms with Gasteiger partial charge < -0.3 is 15.8 Å². The Balaban J connectivity index is 3.63. The van der Waals surface area contributed by atoms with E-state index >= 15 is 0 Å². The second kappa shape index (κ2) is 10.5. The topological polar surface area (TPSA) is 64.4 Å². The van der Waals surface area contributed by atoms with E-state index in [9.17, 15) is 4.79 Å². The van der Waals surface area contributed by atoms with Crippen LogP contribution < -0.4 is 11.1 Å². The fourth-order valence-corrected chi connectivity index (χ4v) is 1.68. The van der Waals surface area contributed by atoms with Crippen LogP contribution in [-0.2, 0) is 9.53 Å². The fourth-order valence-electron chi connectivity index (χ4n) is 1.68. The highest BCUT2D eigenvalue weighted by Crippen LogP contribution is 2.05. The van der Waals surface area contributed by atoms with E-state index in [-0.39, 0.29) is 11.9 Å². The predicted octanol–water partition coefficient (Wildman–Crippen LogP) is 1.83. The Morgan fingerprint density at radius 3 is 2.59 bits per heavy atom. The standard InChI is InChI=1S/C13H28N2O2/c1-4-5-6-7-8-11(2)15-13(16)12(14)9-10-17-3/h11-12H,4-10,14H2,1-3H3,(H,15,16). The van der Waals surface area contributed by atoms with E-state index < -0.39 is 6.04 Å². The van der Waals surface area contributed by atoms with Gasteiger partial charge in [0.15, 0.2) is 0 Å². The van der Waals surface area contributed by atoms with Crippen molar-refractivity contribution in [2.45, 2.75) is 64.5 Å². The van der Waals surface area contributed by atoms with E-state index in [4.69, 9.17) is 10.5 Å². The quantitative estimate of drug-likeness (QED) is 0.576. The smallest absolute Gasteiger partial charge is 0.237 e. The monoisotopic (exact) mass is 244 g/mol. The van der Waals surface area contributed by atoms with Crippen LogP contribution in [0.2, 0.25) is 0 Å². The van der Waals surface area contributed by atoms with Gasteiger partial charge in [-0.05, 0) is 19.8 Å². The van der Waals surface area contributed by atoms with Gasteiger partial charge in [-0.15, -0.1) is 0 Å². The minimum Gasteiger partial charge on any atom is -0.385 e. The molecule has 0 aliphatic heterocycles. The summed E-state index contributed by atoms with van der Waals surface area (Å²) >= 11 is 0. The molecule has 0 fully saturated rings. The molecule has 0 saturated carbocycles. The Bertz CT molecular complexity index is 198. The molecule has 0 spiro atoms. The molecule has 0 aliphatic rings. The number of nitrogens with one attached hydrogen (secondary N) is 1. The summed E-state index contributed by atoms with van der Waals surface area (Å²) in [7, 11) is 1.61. The molecular weight excluding hydrogens is 216 g/mol. The Hall–Kier alpha value is -0.610. The molecule has 0 radical (unpaired) electrons. The highest BCUT2D eigenvalue weighted by Gasteiger charge is 2.14. The van der Waals surface area contributed by atoms with Crippen LogP contribution in [0.4, 0.5) is 0 Å². The van der Waals surface area contributed by atoms with E-state index in [0.717, 1.165) is 6.42 Å². The molecular formula is C13H28N2O2. The third-order valence-electron chi connectivity index (χ3n) is 2.85. The molecule has 0 heterocycles. The largest absolute Gasteiger partial charge is 0.385 e. The first-order chi connectivity index (χ1) is 8.11. The summed E-state index contributed by atoms with van der Waals surface area (Å²) in [5, 5.41) is 2.95. The van der Waals surface area contributed by atoms with Crippen LogP contribution in [-0.4, -0.2) is 31.7 Å². The zero-order valence-corrected chi connectivity index (χ0v) is 11.5. The zero-order chi connectivity index (χ0) is 13.1. The third-order valence-corrected chi connectivity index (χ3v) is 2.85. The lowest BCUT2D eigenvalue weighted by atomic mass is 10.1. The van der Waals surface area contributed by atoms with Gasteiger partial charge >= 0.3 is 0 Å². The molecule has 102 valence electrons. The van der Waals surface area contributed by atoms with E-state index in [2.05, 4.69) is 12.2 Å². The second-order valence-electron chi connectivity index (χ2n) is 4.65. The lowest BCUT2D eigenvalue weighted by Gasteiger charge is -2.17. The minimum atomic E-state index is -0.451. The molecule has 0 saturated heterocycles. The lowest BCUT2D eigenvalue weighted by Crippen LogP contribution is -2.44. The summed E-state index contributed by atoms with van der Waals surface area (Å²) in [5.41, 5.74) is 5.74. The van der Waals surface area contributed by atoms with E-state index in [1.807, 2.05) is 6.92 Å². The van der Waals surface area contributed by atoms with Crippen molar-refractivity contribution < 1.29 is 9.53 Å². The van der Waals surface area contributed by atoms with Crippen molar-refractivity contribution in [3.63, 3.8) is 0 Å². The number of amides is 1. The van der Waals surface area contributed by atoms with Gasteiger partial charge in [0.25, 0.3) is 0 Å². The minimum absolute atomic E-state index is 0.0648. The van der Waals surface area contributed by atoms with Crippen LogP contribution in [0.3, 0.4) is 0 Å². The molecule has 0 rings (SSSR count). The number of nitrogens with two attached hydrogens (primary N) is 1. The number of rotatable bonds is 10. The average molecular weight is 244 g/mol. The molecule has 3 N–H and O–H groups in total. The van der Waals surface area contributed by atoms with Crippen LogP contribution in [0.15, 0.2) is 0 Å². The predicted molar refractivity (Wildman–Crippen MR) is 70.8 cm³/mol. The summed E-state index contributed by atoms with van der Waals surface area (Å²) in [6, 6.07) is -0.235. The summed E-state index contributed by atoms with van der Waals surface area (Å²) in [4.78, 5) is 11.7. The maximum atomic E-state index is 11.7. The average Bonchev–Trinajstić information content (AvgIpc) is 2.31. The Labute approximate surface area is 105 Å². The molecule has 2 unspecified atom stereocenters. The lowest BCUT2D eigenvalue weighted by molar-refractivity contribution is -0.123. The second-order valence-corrected chi connectivity index (χ2v) is 4.65. The van der Waals surface area contributed by atoms with Crippen LogP contribution in [0.25, 0.3) is 0 Å². The van der Waals surface area contributed by atoms with Gasteiger partial charge in [0.2, 0.25) is 5.91 Å². The maximum absolute atomic E-state index is 11.7. The maximum Gasteiger partial charge on any atom is 0.237 e. The van der Waals surface area contributed by atoms with Crippen molar-refractivity contribution in [2.24, 2.45) is 5.73 Å². The first kappa shape index (κ1) is 16.4. The molecule has 0 aliphatic carbocycles. The fraction of sp³-hybridized carbons (Fsp3) is 0.923. The van der Waals surface area contributed by atoms with E-state index in [0.29, 0.717) is 13.0 Å². The molecule has 4 heteroatoms. The number of unbranched alkanes of at least 4 members (excludes halogenated alkanes) is 3. The molecule has 4 nitrogen and oxygen atoms in total. The summed E-state index contributed by atoms with van der Waals surface area (Å²) in [5.74, 6) is -0.0648. The molecule has 2 atom stereocenters. The van der Waals surface area contributed by atoms with Crippen LogP contribution in [0, 0.1) is 0 Å². The van der Waals surface area contributed by atoms with Gasteiger partial charge in [-0.1, -0.05) is 32.6 Å². The van der Waals surface area contributed by atoms with Crippen molar-refractivity contribution >= 4 is 5.91 Å². The normalized spacial score (nSPS) is 14.4. The molecule has 0 aromatic heterocycles. The molecule has 1 amide bonds. The third kappa shape index (κ3) is 9.12. The SMILES string of the molecule is CCCCCCC(C)NC(=O)C(N)CCOC. The number of hydrogen-bond donors (Lipinski definition) is 2. The number of hydrogen-bond acceptors (Lipinski definition) is 3. The summed E-state index contributed by atoms with van der Waals surface area (Å²) in [6.07, 6.45) is 6.53. The van der Waals surface area contributed by atoms with Gasteiger partial charge in [-0.3, -0.25) is 4.79 Å². The Morgan fingerprint density at radius 1 is 1.29 bits per heavy atom. The van der Waals surface area contributed by atoms with Crippen molar-refractivity contribution in [1.82, 2.24) is 5.32 Å².